The van der Waals surface area contributed by atoms with E-state index >= 15 is 0 Å². The molecule has 3 heterocycles. The van der Waals surface area contributed by atoms with Gasteiger partial charge in [-0.1, -0.05) is 6.07 Å². The molecule has 0 spiro atoms. The maximum atomic E-state index is 12.6. The molecule has 0 N–H and O–H groups in total. The van der Waals surface area contributed by atoms with E-state index in [2.05, 4.69) is 14.9 Å². The van der Waals surface area contributed by atoms with Gasteiger partial charge in [0.15, 0.2) is 5.03 Å². The van der Waals surface area contributed by atoms with Crippen LogP contribution >= 0.6 is 0 Å². The quantitative estimate of drug-likeness (QED) is 0.833. The Hall–Kier alpha value is -1.93. The van der Waals surface area contributed by atoms with Gasteiger partial charge >= 0.3 is 0 Å². The minimum Gasteiger partial charge on any atom is -0.355 e. The molecule has 2 aromatic heterocycles. The Morgan fingerprint density at radius 1 is 1.09 bits per heavy atom. The van der Waals surface area contributed by atoms with Crippen LogP contribution in [0.1, 0.15) is 6.42 Å². The highest BCUT2D eigenvalue weighted by atomic mass is 32.2. The van der Waals surface area contributed by atoms with Crippen molar-refractivity contribution in [1.82, 2.24) is 18.8 Å². The van der Waals surface area contributed by atoms with Crippen molar-refractivity contribution in [3.05, 3.63) is 36.9 Å². The van der Waals surface area contributed by atoms with Crippen molar-refractivity contribution >= 4 is 15.8 Å². The first-order valence-corrected chi connectivity index (χ1v) is 8.65. The zero-order valence-corrected chi connectivity index (χ0v) is 13.3. The predicted octanol–water partition coefficient (Wildman–Crippen LogP) is 0.716. The van der Waals surface area contributed by atoms with Gasteiger partial charge in [-0.3, -0.25) is 0 Å². The van der Waals surface area contributed by atoms with Gasteiger partial charge in [-0.25, -0.2) is 18.4 Å². The summed E-state index contributed by atoms with van der Waals surface area (Å²) in [6.07, 6.45) is 5.56. The smallest absolute Gasteiger partial charge is 0.262 e. The second-order valence-corrected chi connectivity index (χ2v) is 7.19. The number of sulfonamides is 1. The molecule has 1 fully saturated rings. The van der Waals surface area contributed by atoms with E-state index in [4.69, 9.17) is 0 Å². The van der Waals surface area contributed by atoms with E-state index in [9.17, 15) is 8.42 Å². The lowest BCUT2D eigenvalue weighted by atomic mass is 10.3. The van der Waals surface area contributed by atoms with Crippen molar-refractivity contribution in [2.24, 2.45) is 7.05 Å². The lowest BCUT2D eigenvalue weighted by Gasteiger charge is -2.22. The molecular weight excluding hydrogens is 302 g/mol. The van der Waals surface area contributed by atoms with Gasteiger partial charge in [0, 0.05) is 45.6 Å². The summed E-state index contributed by atoms with van der Waals surface area (Å²) in [5.41, 5.74) is 0. The van der Waals surface area contributed by atoms with Crippen molar-refractivity contribution in [2.75, 3.05) is 31.1 Å². The third-order valence-electron chi connectivity index (χ3n) is 3.71. The van der Waals surface area contributed by atoms with Gasteiger partial charge in [0.05, 0.1) is 6.33 Å². The number of hydrogen-bond donors (Lipinski definition) is 0. The summed E-state index contributed by atoms with van der Waals surface area (Å²) in [7, 11) is -1.75. The van der Waals surface area contributed by atoms with E-state index in [-0.39, 0.29) is 5.03 Å². The first-order valence-electron chi connectivity index (χ1n) is 7.21. The summed E-state index contributed by atoms with van der Waals surface area (Å²) < 4.78 is 28.4. The van der Waals surface area contributed by atoms with Gasteiger partial charge in [-0.2, -0.15) is 4.31 Å². The Bertz CT molecular complexity index is 729. The highest BCUT2D eigenvalue weighted by Crippen LogP contribution is 2.18. The number of rotatable bonds is 3. The van der Waals surface area contributed by atoms with E-state index < -0.39 is 10.0 Å². The van der Waals surface area contributed by atoms with E-state index in [1.165, 1.54) is 16.8 Å². The van der Waals surface area contributed by atoms with E-state index in [0.717, 1.165) is 18.8 Å². The van der Waals surface area contributed by atoms with Crippen LogP contribution in [0.2, 0.25) is 0 Å². The molecule has 0 saturated carbocycles. The van der Waals surface area contributed by atoms with Gasteiger partial charge < -0.3 is 9.47 Å². The number of aromatic nitrogens is 3. The summed E-state index contributed by atoms with van der Waals surface area (Å²) in [4.78, 5) is 10.4. The minimum absolute atomic E-state index is 0.112. The maximum absolute atomic E-state index is 12.6. The topological polar surface area (TPSA) is 71.3 Å². The molecular formula is C14H19N5O2S. The van der Waals surface area contributed by atoms with Crippen LogP contribution in [0.3, 0.4) is 0 Å². The number of aryl methyl sites for hydroxylation is 1. The van der Waals surface area contributed by atoms with Gasteiger partial charge in [0.2, 0.25) is 0 Å². The van der Waals surface area contributed by atoms with Crippen molar-refractivity contribution in [2.45, 2.75) is 11.4 Å². The molecule has 118 valence electrons. The van der Waals surface area contributed by atoms with Gasteiger partial charge in [-0.05, 0) is 18.6 Å². The van der Waals surface area contributed by atoms with Gasteiger partial charge in [0.25, 0.3) is 10.0 Å². The van der Waals surface area contributed by atoms with Crippen LogP contribution in [0.15, 0.2) is 41.9 Å². The van der Waals surface area contributed by atoms with Crippen LogP contribution in [0.4, 0.5) is 5.82 Å². The molecule has 2 aromatic rings. The number of imidazole rings is 1. The van der Waals surface area contributed by atoms with Crippen molar-refractivity contribution in [3.63, 3.8) is 0 Å². The average Bonchev–Trinajstić information content (AvgIpc) is 2.82. The van der Waals surface area contributed by atoms with Crippen molar-refractivity contribution < 1.29 is 8.42 Å². The number of anilines is 1. The van der Waals surface area contributed by atoms with E-state index in [1.807, 2.05) is 18.2 Å². The minimum atomic E-state index is -3.52. The molecule has 1 saturated heterocycles. The predicted molar refractivity (Wildman–Crippen MR) is 83.0 cm³/mol. The molecule has 0 amide bonds. The third-order valence-corrected chi connectivity index (χ3v) is 5.50. The van der Waals surface area contributed by atoms with Crippen LogP contribution in [0.25, 0.3) is 0 Å². The number of pyridine rings is 1. The highest BCUT2D eigenvalue weighted by Gasteiger charge is 2.28. The largest absolute Gasteiger partial charge is 0.355 e. The fraction of sp³-hybridized carbons (Fsp3) is 0.429. The lowest BCUT2D eigenvalue weighted by Crippen LogP contribution is -2.35. The zero-order chi connectivity index (χ0) is 15.6. The van der Waals surface area contributed by atoms with Crippen molar-refractivity contribution in [1.29, 1.82) is 0 Å². The molecule has 7 nitrogen and oxygen atoms in total. The van der Waals surface area contributed by atoms with E-state index in [0.29, 0.717) is 19.6 Å². The number of nitrogens with zero attached hydrogens (tertiary/aromatic N) is 5. The van der Waals surface area contributed by atoms with Crippen LogP contribution in [-0.2, 0) is 17.1 Å². The molecule has 0 radical (unpaired) electrons. The Balaban J connectivity index is 1.75. The Morgan fingerprint density at radius 2 is 1.95 bits per heavy atom. The Morgan fingerprint density at radius 3 is 2.64 bits per heavy atom. The molecule has 1 aliphatic rings. The first-order chi connectivity index (χ1) is 10.6. The van der Waals surface area contributed by atoms with Crippen LogP contribution in [0, 0.1) is 0 Å². The molecule has 0 atom stereocenters. The molecule has 0 bridgehead atoms. The summed E-state index contributed by atoms with van der Waals surface area (Å²) in [5, 5.41) is 0.112. The fourth-order valence-corrected chi connectivity index (χ4v) is 3.99. The molecule has 3 rings (SSSR count). The van der Waals surface area contributed by atoms with Crippen LogP contribution < -0.4 is 4.90 Å². The molecule has 0 unspecified atom stereocenters. The third kappa shape index (κ3) is 2.97. The second kappa shape index (κ2) is 6.05. The number of hydrogen-bond acceptors (Lipinski definition) is 5. The monoisotopic (exact) mass is 321 g/mol. The molecule has 1 aliphatic heterocycles. The molecule has 0 aliphatic carbocycles. The maximum Gasteiger partial charge on any atom is 0.262 e. The SMILES string of the molecule is Cn1cnc(S(=O)(=O)N2CCCN(c3ccccn3)CC2)c1. The van der Waals surface area contributed by atoms with Crippen LogP contribution in [-0.4, -0.2) is 53.4 Å². The normalized spacial score (nSPS) is 17.4. The zero-order valence-electron chi connectivity index (χ0n) is 12.5. The summed E-state index contributed by atoms with van der Waals surface area (Å²) in [6.45, 7) is 2.37. The summed E-state index contributed by atoms with van der Waals surface area (Å²) >= 11 is 0. The Kier molecular flexibility index (Phi) is 4.12. The van der Waals surface area contributed by atoms with Gasteiger partial charge in [-0.15, -0.1) is 0 Å². The molecule has 0 aromatic carbocycles. The molecule has 22 heavy (non-hydrogen) atoms. The summed E-state index contributed by atoms with van der Waals surface area (Å²) in [6, 6.07) is 5.76. The average molecular weight is 321 g/mol. The Labute approximate surface area is 130 Å². The van der Waals surface area contributed by atoms with E-state index in [1.54, 1.807) is 17.8 Å². The summed E-state index contributed by atoms with van der Waals surface area (Å²) in [5.74, 6) is 0.889. The van der Waals surface area contributed by atoms with Gasteiger partial charge in [0.1, 0.15) is 5.82 Å². The highest BCUT2D eigenvalue weighted by molar-refractivity contribution is 7.89. The first kappa shape index (κ1) is 15.0. The van der Waals surface area contributed by atoms with Crippen molar-refractivity contribution in [3.8, 4) is 0 Å². The second-order valence-electron chi connectivity index (χ2n) is 5.31. The fourth-order valence-electron chi connectivity index (χ4n) is 2.56. The standard InChI is InChI=1S/C14H19N5O2S/c1-17-11-14(16-12-17)22(20,21)19-8-4-7-18(9-10-19)13-5-2-3-6-15-13/h2-3,5-6,11-12H,4,7-10H2,1H3. The van der Waals surface area contributed by atoms with Crippen LogP contribution in [0.5, 0.6) is 0 Å². The lowest BCUT2D eigenvalue weighted by molar-refractivity contribution is 0.431. The molecule has 8 heteroatoms.